The van der Waals surface area contributed by atoms with Gasteiger partial charge in [0.25, 0.3) is 0 Å². The number of rotatable bonds is 3. The third kappa shape index (κ3) is 4.00. The van der Waals surface area contributed by atoms with E-state index in [2.05, 4.69) is 10.2 Å². The molecule has 0 unspecified atom stereocenters. The van der Waals surface area contributed by atoms with E-state index in [1.807, 2.05) is 0 Å². The molecule has 21 heavy (non-hydrogen) atoms. The third-order valence-corrected chi connectivity index (χ3v) is 6.32. The Bertz CT molecular complexity index is 333. The molecular formula is C18H32N2O. The normalized spacial score (nSPS) is 27.0. The molecule has 1 aliphatic carbocycles. The van der Waals surface area contributed by atoms with Crippen molar-refractivity contribution < 1.29 is 4.79 Å². The molecular weight excluding hydrogens is 260 g/mol. The Morgan fingerprint density at radius 2 is 1.67 bits per heavy atom. The van der Waals surface area contributed by atoms with Gasteiger partial charge in [-0.05, 0) is 69.4 Å². The molecule has 0 bridgehead atoms. The number of hydrogen-bond donors (Lipinski definition) is 1. The fourth-order valence-corrected chi connectivity index (χ4v) is 4.69. The molecule has 0 aromatic carbocycles. The van der Waals surface area contributed by atoms with Crippen LogP contribution in [0.4, 0.5) is 0 Å². The lowest BCUT2D eigenvalue weighted by molar-refractivity contribution is -0.134. The first-order chi connectivity index (χ1) is 10.3. The molecule has 0 aromatic rings. The Labute approximate surface area is 129 Å². The fraction of sp³-hybridized carbons (Fsp3) is 0.944. The molecule has 0 aromatic heterocycles. The summed E-state index contributed by atoms with van der Waals surface area (Å²) in [5.74, 6) is 1.21. The zero-order chi connectivity index (χ0) is 14.5. The highest BCUT2D eigenvalue weighted by atomic mass is 16.2. The summed E-state index contributed by atoms with van der Waals surface area (Å²) in [5, 5.41) is 3.40. The van der Waals surface area contributed by atoms with Gasteiger partial charge in [0.05, 0.1) is 0 Å². The van der Waals surface area contributed by atoms with Gasteiger partial charge in [-0.15, -0.1) is 0 Å². The Kier molecular flexibility index (Phi) is 5.20. The Morgan fingerprint density at radius 1 is 1.00 bits per heavy atom. The van der Waals surface area contributed by atoms with E-state index < -0.39 is 0 Å². The molecule has 3 nitrogen and oxygen atoms in total. The molecule has 1 N–H and O–H groups in total. The quantitative estimate of drug-likeness (QED) is 0.865. The summed E-state index contributed by atoms with van der Waals surface area (Å²) < 4.78 is 0. The maximum atomic E-state index is 12.4. The smallest absolute Gasteiger partial charge is 0.222 e. The van der Waals surface area contributed by atoms with Gasteiger partial charge in [-0.1, -0.05) is 19.3 Å². The van der Waals surface area contributed by atoms with Crippen molar-refractivity contribution in [3.63, 3.8) is 0 Å². The van der Waals surface area contributed by atoms with E-state index in [-0.39, 0.29) is 0 Å². The van der Waals surface area contributed by atoms with Crippen molar-refractivity contribution in [3.8, 4) is 0 Å². The van der Waals surface area contributed by atoms with Crippen LogP contribution in [0.2, 0.25) is 0 Å². The average Bonchev–Trinajstić information content (AvgIpc) is 2.55. The molecule has 1 spiro atoms. The Balaban J connectivity index is 1.40. The first kappa shape index (κ1) is 15.3. The van der Waals surface area contributed by atoms with Crippen molar-refractivity contribution in [2.75, 3.05) is 26.2 Å². The van der Waals surface area contributed by atoms with E-state index in [0.29, 0.717) is 11.3 Å². The van der Waals surface area contributed by atoms with Gasteiger partial charge in [-0.25, -0.2) is 0 Å². The molecule has 2 heterocycles. The van der Waals surface area contributed by atoms with Crippen LogP contribution in [0.25, 0.3) is 0 Å². The van der Waals surface area contributed by atoms with Crippen LogP contribution >= 0.6 is 0 Å². The van der Waals surface area contributed by atoms with Crippen molar-refractivity contribution in [3.05, 3.63) is 0 Å². The molecule has 0 atom stereocenters. The van der Waals surface area contributed by atoms with Gasteiger partial charge in [-0.3, -0.25) is 4.79 Å². The van der Waals surface area contributed by atoms with Gasteiger partial charge in [0, 0.05) is 19.5 Å². The van der Waals surface area contributed by atoms with Crippen LogP contribution in [0.5, 0.6) is 0 Å². The van der Waals surface area contributed by atoms with Gasteiger partial charge in [-0.2, -0.15) is 0 Å². The Morgan fingerprint density at radius 3 is 2.33 bits per heavy atom. The van der Waals surface area contributed by atoms with Crippen LogP contribution in [-0.2, 0) is 4.79 Å². The monoisotopic (exact) mass is 292 g/mol. The second-order valence-electron chi connectivity index (χ2n) is 7.67. The summed E-state index contributed by atoms with van der Waals surface area (Å²) in [5.41, 5.74) is 0.615. The van der Waals surface area contributed by atoms with Crippen LogP contribution in [0.15, 0.2) is 0 Å². The van der Waals surface area contributed by atoms with Crippen molar-refractivity contribution in [1.29, 1.82) is 0 Å². The highest BCUT2D eigenvalue weighted by Gasteiger charge is 2.36. The molecule has 2 saturated heterocycles. The first-order valence-electron chi connectivity index (χ1n) is 9.26. The standard InChI is InChI=1S/C18H32N2O/c21-17(5-4-16-6-12-19-13-7-16)20-14-10-18(11-15-20)8-2-1-3-9-18/h16,19H,1-15H2. The topological polar surface area (TPSA) is 32.3 Å². The molecule has 3 rings (SSSR count). The van der Waals surface area contributed by atoms with E-state index in [4.69, 9.17) is 0 Å². The lowest BCUT2D eigenvalue weighted by atomic mass is 9.68. The van der Waals surface area contributed by atoms with Crippen molar-refractivity contribution >= 4 is 5.91 Å². The van der Waals surface area contributed by atoms with Crippen LogP contribution in [0.1, 0.15) is 70.6 Å². The minimum Gasteiger partial charge on any atom is -0.343 e. The summed E-state index contributed by atoms with van der Waals surface area (Å²) in [6, 6.07) is 0. The maximum absolute atomic E-state index is 12.4. The van der Waals surface area contributed by atoms with Crippen LogP contribution in [-0.4, -0.2) is 37.0 Å². The van der Waals surface area contributed by atoms with Gasteiger partial charge in [0.1, 0.15) is 0 Å². The van der Waals surface area contributed by atoms with Crippen LogP contribution in [0.3, 0.4) is 0 Å². The number of hydrogen-bond acceptors (Lipinski definition) is 2. The number of likely N-dealkylation sites (tertiary alicyclic amines) is 1. The molecule has 1 amide bonds. The van der Waals surface area contributed by atoms with Gasteiger partial charge < -0.3 is 10.2 Å². The number of carbonyl (C=O) groups is 1. The molecule has 2 aliphatic heterocycles. The first-order valence-corrected chi connectivity index (χ1v) is 9.26. The summed E-state index contributed by atoms with van der Waals surface area (Å²) in [4.78, 5) is 14.6. The number of amides is 1. The number of carbonyl (C=O) groups excluding carboxylic acids is 1. The second kappa shape index (κ2) is 7.13. The van der Waals surface area contributed by atoms with E-state index >= 15 is 0 Å². The minimum atomic E-state index is 0.430. The van der Waals surface area contributed by atoms with E-state index in [1.165, 1.54) is 57.8 Å². The zero-order valence-electron chi connectivity index (χ0n) is 13.5. The van der Waals surface area contributed by atoms with Gasteiger partial charge >= 0.3 is 0 Å². The lowest BCUT2D eigenvalue weighted by Crippen LogP contribution is -2.44. The molecule has 120 valence electrons. The molecule has 3 fully saturated rings. The number of nitrogens with zero attached hydrogens (tertiary/aromatic N) is 1. The SMILES string of the molecule is O=C(CCC1CCNCC1)N1CCC2(CCCCC2)CC1. The molecule has 3 heteroatoms. The van der Waals surface area contributed by atoms with Gasteiger partial charge in [0.2, 0.25) is 5.91 Å². The maximum Gasteiger partial charge on any atom is 0.222 e. The summed E-state index contributed by atoms with van der Waals surface area (Å²) in [7, 11) is 0. The summed E-state index contributed by atoms with van der Waals surface area (Å²) in [6.07, 6.45) is 14.1. The second-order valence-corrected chi connectivity index (χ2v) is 7.67. The highest BCUT2D eigenvalue weighted by Crippen LogP contribution is 2.44. The lowest BCUT2D eigenvalue weighted by Gasteiger charge is -2.44. The summed E-state index contributed by atoms with van der Waals surface area (Å²) >= 11 is 0. The van der Waals surface area contributed by atoms with Crippen LogP contribution < -0.4 is 5.32 Å². The highest BCUT2D eigenvalue weighted by molar-refractivity contribution is 5.76. The van der Waals surface area contributed by atoms with Gasteiger partial charge in [0.15, 0.2) is 0 Å². The van der Waals surface area contributed by atoms with E-state index in [1.54, 1.807) is 0 Å². The van der Waals surface area contributed by atoms with E-state index in [9.17, 15) is 4.79 Å². The molecule has 3 aliphatic rings. The average molecular weight is 292 g/mol. The largest absolute Gasteiger partial charge is 0.343 e. The predicted octanol–water partition coefficient (Wildman–Crippen LogP) is 3.34. The number of piperidine rings is 2. The Hall–Kier alpha value is -0.570. The van der Waals surface area contributed by atoms with E-state index in [0.717, 1.165) is 44.9 Å². The molecule has 1 saturated carbocycles. The van der Waals surface area contributed by atoms with Crippen LogP contribution in [0, 0.1) is 11.3 Å². The molecule has 0 radical (unpaired) electrons. The predicted molar refractivity (Wildman–Crippen MR) is 86.2 cm³/mol. The third-order valence-electron chi connectivity index (χ3n) is 6.32. The van der Waals surface area contributed by atoms with Crippen molar-refractivity contribution in [2.45, 2.75) is 70.6 Å². The van der Waals surface area contributed by atoms with Crippen molar-refractivity contribution in [1.82, 2.24) is 10.2 Å². The fourth-order valence-electron chi connectivity index (χ4n) is 4.69. The minimum absolute atomic E-state index is 0.430. The van der Waals surface area contributed by atoms with Crippen molar-refractivity contribution in [2.24, 2.45) is 11.3 Å². The summed E-state index contributed by atoms with van der Waals surface area (Å²) in [6.45, 7) is 4.35. The number of nitrogens with one attached hydrogen (secondary N) is 1. The zero-order valence-corrected chi connectivity index (χ0v) is 13.5.